The van der Waals surface area contributed by atoms with Crippen molar-refractivity contribution >= 4 is 5.91 Å². The first kappa shape index (κ1) is 15.1. The van der Waals surface area contributed by atoms with Crippen molar-refractivity contribution in [3.63, 3.8) is 0 Å². The Balaban J connectivity index is 1.94. The number of aromatic nitrogens is 1. The fourth-order valence-electron chi connectivity index (χ4n) is 2.66. The highest BCUT2D eigenvalue weighted by Gasteiger charge is 2.20. The van der Waals surface area contributed by atoms with E-state index >= 15 is 0 Å². The minimum absolute atomic E-state index is 0.0138. The van der Waals surface area contributed by atoms with Gasteiger partial charge in [-0.2, -0.15) is 0 Å². The average molecular weight is 279 g/mol. The van der Waals surface area contributed by atoms with E-state index in [0.717, 1.165) is 31.6 Å². The van der Waals surface area contributed by atoms with Gasteiger partial charge in [-0.25, -0.2) is 0 Å². The Morgan fingerprint density at radius 3 is 3.00 bits per heavy atom. The molecule has 1 saturated heterocycles. The van der Waals surface area contributed by atoms with Gasteiger partial charge in [0.2, 0.25) is 0 Å². The summed E-state index contributed by atoms with van der Waals surface area (Å²) in [5, 5.41) is 6.30. The Hall–Kier alpha value is -1.33. The number of hydrogen-bond acceptors (Lipinski definition) is 3. The van der Waals surface area contributed by atoms with Crippen molar-refractivity contribution in [1.82, 2.24) is 15.2 Å². The maximum Gasteiger partial charge on any atom is 0.268 e. The average Bonchev–Trinajstić information content (AvgIpc) is 2.95. The molecule has 1 fully saturated rings. The Labute approximate surface area is 120 Å². The normalized spacial score (nSPS) is 17.9. The van der Waals surface area contributed by atoms with Crippen LogP contribution in [-0.4, -0.2) is 42.8 Å². The summed E-state index contributed by atoms with van der Waals surface area (Å²) in [5.41, 5.74) is 0.751. The van der Waals surface area contributed by atoms with Crippen molar-refractivity contribution in [2.45, 2.75) is 38.8 Å². The van der Waals surface area contributed by atoms with E-state index in [1.54, 1.807) is 0 Å². The molecule has 1 aromatic heterocycles. The number of rotatable bonds is 6. The number of hydrogen-bond donors (Lipinski definition) is 2. The highest BCUT2D eigenvalue weighted by atomic mass is 16.5. The lowest BCUT2D eigenvalue weighted by molar-refractivity contribution is 0.0690. The smallest absolute Gasteiger partial charge is 0.268 e. The summed E-state index contributed by atoms with van der Waals surface area (Å²) >= 11 is 0. The van der Waals surface area contributed by atoms with Crippen LogP contribution in [0, 0.1) is 0 Å². The quantitative estimate of drug-likeness (QED) is 0.831. The predicted molar refractivity (Wildman–Crippen MR) is 79.0 cm³/mol. The van der Waals surface area contributed by atoms with Gasteiger partial charge < -0.3 is 19.9 Å². The second-order valence-corrected chi connectivity index (χ2v) is 5.26. The third kappa shape index (κ3) is 3.84. The van der Waals surface area contributed by atoms with Gasteiger partial charge in [-0.3, -0.25) is 4.79 Å². The molecule has 1 unspecified atom stereocenters. The zero-order valence-electron chi connectivity index (χ0n) is 12.4. The Morgan fingerprint density at radius 1 is 1.55 bits per heavy atom. The van der Waals surface area contributed by atoms with Crippen molar-refractivity contribution in [3.8, 4) is 0 Å². The van der Waals surface area contributed by atoms with Crippen molar-refractivity contribution in [2.75, 3.05) is 26.2 Å². The minimum Gasteiger partial charge on any atom is -0.377 e. The predicted octanol–water partition coefficient (Wildman–Crippen LogP) is 1.57. The molecule has 1 aliphatic heterocycles. The summed E-state index contributed by atoms with van der Waals surface area (Å²) < 4.78 is 7.54. The van der Waals surface area contributed by atoms with Crippen LogP contribution in [0.5, 0.6) is 0 Å². The lowest BCUT2D eigenvalue weighted by atomic mass is 10.1. The van der Waals surface area contributed by atoms with E-state index in [-0.39, 0.29) is 12.0 Å². The molecule has 2 N–H and O–H groups in total. The van der Waals surface area contributed by atoms with Gasteiger partial charge in [0.1, 0.15) is 5.69 Å². The third-order valence-corrected chi connectivity index (χ3v) is 3.71. The largest absolute Gasteiger partial charge is 0.377 e. The molecule has 5 nitrogen and oxygen atoms in total. The number of nitrogens with zero attached hydrogens (tertiary/aromatic N) is 1. The van der Waals surface area contributed by atoms with Gasteiger partial charge in [0.05, 0.1) is 6.10 Å². The number of carbonyl (C=O) groups excluding carboxylic acids is 1. The molecule has 2 rings (SSSR count). The van der Waals surface area contributed by atoms with Gasteiger partial charge in [0.15, 0.2) is 0 Å². The van der Waals surface area contributed by atoms with Crippen molar-refractivity contribution in [1.29, 1.82) is 0 Å². The van der Waals surface area contributed by atoms with E-state index in [1.807, 2.05) is 32.2 Å². The van der Waals surface area contributed by atoms with Gasteiger partial charge in [-0.05, 0) is 51.9 Å². The van der Waals surface area contributed by atoms with Gasteiger partial charge in [0.25, 0.3) is 5.91 Å². The Bertz CT molecular complexity index is 425. The molecule has 2 heterocycles. The van der Waals surface area contributed by atoms with Crippen LogP contribution in [0.4, 0.5) is 0 Å². The topological polar surface area (TPSA) is 55.3 Å². The lowest BCUT2D eigenvalue weighted by Crippen LogP contribution is -2.35. The van der Waals surface area contributed by atoms with Crippen LogP contribution in [0.15, 0.2) is 18.3 Å². The molecule has 1 amide bonds. The highest BCUT2D eigenvalue weighted by molar-refractivity contribution is 5.92. The van der Waals surface area contributed by atoms with Crippen LogP contribution >= 0.6 is 0 Å². The summed E-state index contributed by atoms with van der Waals surface area (Å²) in [6, 6.07) is 4.27. The third-order valence-electron chi connectivity index (χ3n) is 3.71. The molecule has 1 aromatic rings. The summed E-state index contributed by atoms with van der Waals surface area (Å²) in [5.74, 6) is -0.0138. The molecular weight excluding hydrogens is 254 g/mol. The summed E-state index contributed by atoms with van der Waals surface area (Å²) in [7, 11) is 0. The second-order valence-electron chi connectivity index (χ2n) is 5.26. The molecule has 5 heteroatoms. The summed E-state index contributed by atoms with van der Waals surface area (Å²) in [6.45, 7) is 7.18. The molecule has 0 bridgehead atoms. The fraction of sp³-hybridized carbons (Fsp3) is 0.667. The molecule has 1 aliphatic rings. The Kier molecular flexibility index (Phi) is 5.61. The fourth-order valence-corrected chi connectivity index (χ4v) is 2.66. The maximum atomic E-state index is 12.3. The van der Waals surface area contributed by atoms with E-state index in [1.165, 1.54) is 0 Å². The monoisotopic (exact) mass is 279 g/mol. The van der Waals surface area contributed by atoms with Crippen LogP contribution in [0.3, 0.4) is 0 Å². The molecule has 0 saturated carbocycles. The van der Waals surface area contributed by atoms with Crippen LogP contribution in [0.2, 0.25) is 0 Å². The van der Waals surface area contributed by atoms with Crippen molar-refractivity contribution < 1.29 is 9.53 Å². The summed E-state index contributed by atoms with van der Waals surface area (Å²) in [4.78, 5) is 12.3. The second kappa shape index (κ2) is 7.45. The molecule has 0 aromatic carbocycles. The zero-order chi connectivity index (χ0) is 14.4. The van der Waals surface area contributed by atoms with E-state index in [2.05, 4.69) is 15.2 Å². The molecule has 112 valence electrons. The van der Waals surface area contributed by atoms with E-state index < -0.39 is 0 Å². The van der Waals surface area contributed by atoms with E-state index in [0.29, 0.717) is 19.2 Å². The van der Waals surface area contributed by atoms with Gasteiger partial charge in [0, 0.05) is 25.4 Å². The molecule has 0 aliphatic carbocycles. The highest BCUT2D eigenvalue weighted by Crippen LogP contribution is 2.21. The number of nitrogens with one attached hydrogen (secondary N) is 2. The van der Waals surface area contributed by atoms with Crippen LogP contribution < -0.4 is 10.6 Å². The van der Waals surface area contributed by atoms with E-state index in [9.17, 15) is 4.79 Å². The minimum atomic E-state index is -0.0138. The first-order valence-electron chi connectivity index (χ1n) is 7.49. The number of amides is 1. The van der Waals surface area contributed by atoms with Gasteiger partial charge in [-0.15, -0.1) is 0 Å². The van der Waals surface area contributed by atoms with Crippen molar-refractivity contribution in [3.05, 3.63) is 24.0 Å². The molecule has 0 spiro atoms. The van der Waals surface area contributed by atoms with Crippen LogP contribution in [0.1, 0.15) is 43.2 Å². The number of piperidine rings is 1. The summed E-state index contributed by atoms with van der Waals surface area (Å²) in [6.07, 6.45) is 4.21. The number of carbonyl (C=O) groups is 1. The molecular formula is C15H25N3O2. The maximum absolute atomic E-state index is 12.3. The molecule has 1 atom stereocenters. The molecule has 0 radical (unpaired) electrons. The first-order chi connectivity index (χ1) is 9.72. The lowest BCUT2D eigenvalue weighted by Gasteiger charge is -2.26. The standard InChI is InChI=1S/C15H25N3O2/c1-3-20-12(2)11-17-15(19)14-5-4-10-18(14)13-6-8-16-9-7-13/h4-5,10,12-13,16H,3,6-9,11H2,1-2H3,(H,17,19). The van der Waals surface area contributed by atoms with E-state index in [4.69, 9.17) is 4.74 Å². The van der Waals surface area contributed by atoms with Crippen LogP contribution in [0.25, 0.3) is 0 Å². The zero-order valence-corrected chi connectivity index (χ0v) is 12.4. The van der Waals surface area contributed by atoms with Crippen LogP contribution in [-0.2, 0) is 4.74 Å². The SMILES string of the molecule is CCOC(C)CNC(=O)c1cccn1C1CCNCC1. The van der Waals surface area contributed by atoms with Gasteiger partial charge >= 0.3 is 0 Å². The first-order valence-corrected chi connectivity index (χ1v) is 7.49. The number of ether oxygens (including phenoxy) is 1. The Morgan fingerprint density at radius 2 is 2.30 bits per heavy atom. The molecule has 20 heavy (non-hydrogen) atoms. The van der Waals surface area contributed by atoms with Crippen molar-refractivity contribution in [2.24, 2.45) is 0 Å². The van der Waals surface area contributed by atoms with Gasteiger partial charge in [-0.1, -0.05) is 0 Å².